The van der Waals surface area contributed by atoms with Crippen LogP contribution in [-0.4, -0.2) is 51.5 Å². The summed E-state index contributed by atoms with van der Waals surface area (Å²) in [6.45, 7) is 3.59. The number of rotatable bonds is 6. The van der Waals surface area contributed by atoms with Gasteiger partial charge in [0.2, 0.25) is 0 Å². The van der Waals surface area contributed by atoms with Crippen LogP contribution in [0.15, 0.2) is 24.3 Å². The molecule has 2 heterocycles. The van der Waals surface area contributed by atoms with Gasteiger partial charge in [0.15, 0.2) is 0 Å². The van der Waals surface area contributed by atoms with Gasteiger partial charge in [-0.05, 0) is 62.5 Å². The molecular formula is C18H27N3O3. The number of methoxy groups -OCH3 is 1. The first kappa shape index (κ1) is 17.0. The molecule has 6 heteroatoms. The zero-order chi connectivity index (χ0) is 16.8. The Bertz CT molecular complexity index is 529. The molecule has 2 fully saturated rings. The number of hydrogen-bond acceptors (Lipinski definition) is 5. The van der Waals surface area contributed by atoms with Gasteiger partial charge in [0, 0.05) is 12.6 Å². The van der Waals surface area contributed by atoms with Gasteiger partial charge >= 0.3 is 6.09 Å². The van der Waals surface area contributed by atoms with Crippen molar-refractivity contribution in [2.45, 2.75) is 31.4 Å². The quantitative estimate of drug-likeness (QED) is 0.732. The van der Waals surface area contributed by atoms with Crippen molar-refractivity contribution in [1.29, 1.82) is 0 Å². The minimum absolute atomic E-state index is 0.0752. The third-order valence-electron chi connectivity index (χ3n) is 4.85. The molecule has 2 aliphatic heterocycles. The third-order valence-corrected chi connectivity index (χ3v) is 4.85. The molecule has 3 unspecified atom stereocenters. The molecule has 1 aromatic carbocycles. The van der Waals surface area contributed by atoms with Gasteiger partial charge in [0.1, 0.15) is 11.9 Å². The predicted molar refractivity (Wildman–Crippen MR) is 92.4 cm³/mol. The Morgan fingerprint density at radius 1 is 1.25 bits per heavy atom. The van der Waals surface area contributed by atoms with Gasteiger partial charge in [0.05, 0.1) is 7.11 Å². The molecule has 0 aromatic heterocycles. The zero-order valence-electron chi connectivity index (χ0n) is 14.2. The predicted octanol–water partition coefficient (Wildman–Crippen LogP) is 1.30. The van der Waals surface area contributed by atoms with Crippen LogP contribution in [0.3, 0.4) is 0 Å². The lowest BCUT2D eigenvalue weighted by atomic mass is 10.0. The van der Waals surface area contributed by atoms with Crippen LogP contribution in [0.25, 0.3) is 0 Å². The van der Waals surface area contributed by atoms with Crippen molar-refractivity contribution in [3.05, 3.63) is 29.8 Å². The van der Waals surface area contributed by atoms with Crippen LogP contribution >= 0.6 is 0 Å². The second-order valence-corrected chi connectivity index (χ2v) is 6.58. The molecule has 0 saturated carbocycles. The van der Waals surface area contributed by atoms with Crippen LogP contribution < -0.4 is 20.7 Å². The standard InChI is InChI=1S/C18H27N3O3/c1-23-15-4-2-13(3-5-15)10-16-17(7-9-20-16)24-18(22)21-12-14-6-8-19-11-14/h2-5,14,16-17,19-20H,6-12H2,1H3,(H,21,22). The summed E-state index contributed by atoms with van der Waals surface area (Å²) in [5.74, 6) is 1.38. The van der Waals surface area contributed by atoms with Gasteiger partial charge in [-0.15, -0.1) is 0 Å². The Morgan fingerprint density at radius 2 is 2.08 bits per heavy atom. The number of nitrogens with one attached hydrogen (secondary N) is 3. The van der Waals surface area contributed by atoms with E-state index in [0.29, 0.717) is 12.5 Å². The molecule has 0 bridgehead atoms. The fourth-order valence-corrected chi connectivity index (χ4v) is 3.40. The number of alkyl carbamates (subject to hydrolysis) is 1. The Kier molecular flexibility index (Phi) is 5.93. The zero-order valence-corrected chi connectivity index (χ0v) is 14.2. The van der Waals surface area contributed by atoms with Crippen LogP contribution in [0.4, 0.5) is 4.79 Å². The number of carbonyl (C=O) groups excluding carboxylic acids is 1. The molecule has 0 radical (unpaired) electrons. The maximum Gasteiger partial charge on any atom is 0.407 e. The summed E-state index contributed by atoms with van der Waals surface area (Å²) in [6, 6.07) is 8.20. The molecule has 1 amide bonds. The van der Waals surface area contributed by atoms with Gasteiger partial charge < -0.3 is 25.4 Å². The first-order valence-corrected chi connectivity index (χ1v) is 8.76. The molecule has 3 atom stereocenters. The van der Waals surface area contributed by atoms with Crippen LogP contribution in [0.2, 0.25) is 0 Å². The molecule has 2 aliphatic rings. The minimum atomic E-state index is -0.296. The van der Waals surface area contributed by atoms with Crippen molar-refractivity contribution < 1.29 is 14.3 Å². The molecule has 24 heavy (non-hydrogen) atoms. The fourth-order valence-electron chi connectivity index (χ4n) is 3.40. The second-order valence-electron chi connectivity index (χ2n) is 6.58. The van der Waals surface area contributed by atoms with Crippen LogP contribution in [0.5, 0.6) is 5.75 Å². The van der Waals surface area contributed by atoms with Crippen molar-refractivity contribution in [3.63, 3.8) is 0 Å². The molecule has 2 saturated heterocycles. The average Bonchev–Trinajstić information content (AvgIpc) is 3.26. The first-order chi connectivity index (χ1) is 11.7. The topological polar surface area (TPSA) is 71.6 Å². The highest BCUT2D eigenvalue weighted by Crippen LogP contribution is 2.19. The van der Waals surface area contributed by atoms with Crippen molar-refractivity contribution in [2.75, 3.05) is 33.3 Å². The lowest BCUT2D eigenvalue weighted by Gasteiger charge is -2.21. The number of hydrogen-bond donors (Lipinski definition) is 3. The van der Waals surface area contributed by atoms with E-state index in [2.05, 4.69) is 28.1 Å². The van der Waals surface area contributed by atoms with Gasteiger partial charge in [-0.25, -0.2) is 4.79 Å². The van der Waals surface area contributed by atoms with Gasteiger partial charge in [-0.2, -0.15) is 0 Å². The maximum absolute atomic E-state index is 12.0. The van der Waals surface area contributed by atoms with E-state index in [0.717, 1.165) is 44.6 Å². The number of ether oxygens (including phenoxy) is 2. The third kappa shape index (κ3) is 4.61. The Balaban J connectivity index is 1.46. The van der Waals surface area contributed by atoms with E-state index in [4.69, 9.17) is 9.47 Å². The molecule has 6 nitrogen and oxygen atoms in total. The van der Waals surface area contributed by atoms with E-state index in [1.165, 1.54) is 5.56 Å². The van der Waals surface area contributed by atoms with E-state index in [1.54, 1.807) is 7.11 Å². The number of benzene rings is 1. The van der Waals surface area contributed by atoms with Gasteiger partial charge in [0.25, 0.3) is 0 Å². The van der Waals surface area contributed by atoms with Crippen molar-refractivity contribution in [1.82, 2.24) is 16.0 Å². The van der Waals surface area contributed by atoms with Crippen LogP contribution in [-0.2, 0) is 11.2 Å². The van der Waals surface area contributed by atoms with E-state index in [1.807, 2.05) is 12.1 Å². The fraction of sp³-hybridized carbons (Fsp3) is 0.611. The highest BCUT2D eigenvalue weighted by Gasteiger charge is 2.30. The van der Waals surface area contributed by atoms with E-state index < -0.39 is 0 Å². The molecule has 1 aromatic rings. The number of carbonyl (C=O) groups is 1. The Labute approximate surface area is 143 Å². The highest BCUT2D eigenvalue weighted by atomic mass is 16.6. The van der Waals surface area contributed by atoms with Crippen LogP contribution in [0.1, 0.15) is 18.4 Å². The van der Waals surface area contributed by atoms with Crippen molar-refractivity contribution >= 4 is 6.09 Å². The molecule has 0 aliphatic carbocycles. The lowest BCUT2D eigenvalue weighted by molar-refractivity contribution is 0.0891. The van der Waals surface area contributed by atoms with Gasteiger partial charge in [-0.1, -0.05) is 12.1 Å². The Hall–Kier alpha value is -1.79. The maximum atomic E-state index is 12.0. The highest BCUT2D eigenvalue weighted by molar-refractivity contribution is 5.67. The molecule has 0 spiro atoms. The summed E-state index contributed by atoms with van der Waals surface area (Å²) in [5.41, 5.74) is 1.21. The molecular weight excluding hydrogens is 306 g/mol. The normalized spacial score (nSPS) is 26.3. The SMILES string of the molecule is COc1ccc(CC2NCCC2OC(=O)NCC2CCNC2)cc1. The van der Waals surface area contributed by atoms with Crippen molar-refractivity contribution in [2.24, 2.45) is 5.92 Å². The van der Waals surface area contributed by atoms with Gasteiger partial charge in [-0.3, -0.25) is 0 Å². The largest absolute Gasteiger partial charge is 0.497 e. The summed E-state index contributed by atoms with van der Waals surface area (Å²) >= 11 is 0. The summed E-state index contributed by atoms with van der Waals surface area (Å²) in [7, 11) is 1.66. The summed E-state index contributed by atoms with van der Waals surface area (Å²) in [6.07, 6.45) is 2.45. The van der Waals surface area contributed by atoms with E-state index in [9.17, 15) is 4.79 Å². The smallest absolute Gasteiger partial charge is 0.407 e. The van der Waals surface area contributed by atoms with E-state index in [-0.39, 0.29) is 18.2 Å². The molecule has 132 valence electrons. The molecule has 3 rings (SSSR count). The first-order valence-electron chi connectivity index (χ1n) is 8.76. The number of amides is 1. The summed E-state index contributed by atoms with van der Waals surface area (Å²) in [5, 5.41) is 9.65. The van der Waals surface area contributed by atoms with Crippen molar-refractivity contribution in [3.8, 4) is 5.75 Å². The second kappa shape index (κ2) is 8.35. The summed E-state index contributed by atoms with van der Waals surface area (Å²) in [4.78, 5) is 12.0. The van der Waals surface area contributed by atoms with Crippen LogP contribution in [0, 0.1) is 5.92 Å². The monoisotopic (exact) mass is 333 g/mol. The summed E-state index contributed by atoms with van der Waals surface area (Å²) < 4.78 is 10.8. The Morgan fingerprint density at radius 3 is 2.79 bits per heavy atom. The minimum Gasteiger partial charge on any atom is -0.497 e. The average molecular weight is 333 g/mol. The lowest BCUT2D eigenvalue weighted by Crippen LogP contribution is -2.39. The van der Waals surface area contributed by atoms with E-state index >= 15 is 0 Å². The molecule has 3 N–H and O–H groups in total.